The van der Waals surface area contributed by atoms with E-state index in [-0.39, 0.29) is 36.8 Å². The quantitative estimate of drug-likeness (QED) is 0.0438. The molecule has 0 aliphatic heterocycles. The maximum atomic E-state index is 13.4. The van der Waals surface area contributed by atoms with Crippen molar-refractivity contribution in [2.24, 2.45) is 11.8 Å². The smallest absolute Gasteiger partial charge is 0.338 e. The first-order chi connectivity index (χ1) is 24.7. The van der Waals surface area contributed by atoms with Crippen LogP contribution in [0.1, 0.15) is 66.7 Å². The lowest BCUT2D eigenvalue weighted by Crippen LogP contribution is -2.26. The number of unbranched alkanes of at least 4 members (excludes halogenated alkanes) is 1. The molecule has 1 fully saturated rings. The number of benzene rings is 3. The van der Waals surface area contributed by atoms with Crippen LogP contribution in [0.5, 0.6) is 17.2 Å². The van der Waals surface area contributed by atoms with Gasteiger partial charge in [0.25, 0.3) is 0 Å². The Bertz CT molecular complexity index is 1630. The van der Waals surface area contributed by atoms with E-state index in [1.165, 1.54) is 13.2 Å². The number of carbonyl (C=O) groups excluding carboxylic acids is 4. The summed E-state index contributed by atoms with van der Waals surface area (Å²) < 4.78 is 33.5. The number of ketones is 1. The van der Waals surface area contributed by atoms with E-state index in [4.69, 9.17) is 28.4 Å². The molecule has 3 aromatic carbocycles. The Morgan fingerprint density at radius 2 is 1.33 bits per heavy atom. The fourth-order valence-electron chi connectivity index (χ4n) is 5.78. The molecule has 0 unspecified atom stereocenters. The second-order valence-corrected chi connectivity index (χ2v) is 12.4. The van der Waals surface area contributed by atoms with Gasteiger partial charge in [-0.25, -0.2) is 9.59 Å². The van der Waals surface area contributed by atoms with E-state index < -0.39 is 30.1 Å². The van der Waals surface area contributed by atoms with Crippen LogP contribution in [-0.2, 0) is 23.8 Å². The van der Waals surface area contributed by atoms with Crippen LogP contribution in [0.25, 0.3) is 0 Å². The van der Waals surface area contributed by atoms with Crippen molar-refractivity contribution in [3.63, 3.8) is 0 Å². The molecule has 51 heavy (non-hydrogen) atoms. The second-order valence-electron chi connectivity index (χ2n) is 12.4. The molecule has 270 valence electrons. The molecule has 0 bridgehead atoms. The summed E-state index contributed by atoms with van der Waals surface area (Å²) in [6.07, 6.45) is 7.81. The van der Waals surface area contributed by atoms with Gasteiger partial charge >= 0.3 is 17.9 Å². The fourth-order valence-corrected chi connectivity index (χ4v) is 5.78. The van der Waals surface area contributed by atoms with Crippen molar-refractivity contribution in [3.8, 4) is 17.2 Å². The van der Waals surface area contributed by atoms with Crippen LogP contribution in [-0.4, -0.2) is 62.8 Å². The number of esters is 3. The number of methoxy groups -OCH3 is 2. The van der Waals surface area contributed by atoms with Crippen molar-refractivity contribution >= 4 is 23.7 Å². The number of ether oxygens (including phenoxy) is 6. The molecule has 4 rings (SSSR count). The number of para-hydroxylation sites is 1. The van der Waals surface area contributed by atoms with E-state index in [0.29, 0.717) is 54.1 Å². The number of hydrogen-bond acceptors (Lipinski definition) is 10. The first kappa shape index (κ1) is 38.4. The highest BCUT2D eigenvalue weighted by Gasteiger charge is 2.46. The lowest BCUT2D eigenvalue weighted by molar-refractivity contribution is -0.147. The molecular weight excluding hydrogens is 652 g/mol. The van der Waals surface area contributed by atoms with Crippen molar-refractivity contribution in [1.82, 2.24) is 0 Å². The second kappa shape index (κ2) is 19.7. The molecule has 1 saturated carbocycles. The summed E-state index contributed by atoms with van der Waals surface area (Å²) in [6, 6.07) is 22.2. The monoisotopic (exact) mass is 698 g/mol. The Hall–Kier alpha value is -5.38. The van der Waals surface area contributed by atoms with Crippen LogP contribution in [0.2, 0.25) is 0 Å². The standard InChI is InChI=1S/C41H46O10/c1-28(2)49-39(43)15-11-6-5-10-14-35-36(25-20-31(42)27-48-34-12-8-7-9-13-34)38(51-41(45)30-18-23-33(47-4)24-19-30)26-37(35)50-40(44)29-16-21-32(46-3)22-17-29/h5,7-10,12-13,16-25,28,35-38H,6,11,14-15,26-27H2,1-4H3/b10-5-,25-20+/t35-,36-,37+,38-/m1/s1. The zero-order chi connectivity index (χ0) is 36.6. The lowest BCUT2D eigenvalue weighted by Gasteiger charge is -2.23. The van der Waals surface area contributed by atoms with Gasteiger partial charge in [0.15, 0.2) is 12.4 Å². The summed E-state index contributed by atoms with van der Waals surface area (Å²) in [5.74, 6) is -0.662. The van der Waals surface area contributed by atoms with Crippen LogP contribution in [0.3, 0.4) is 0 Å². The average Bonchev–Trinajstić information content (AvgIpc) is 3.45. The molecule has 0 spiro atoms. The van der Waals surface area contributed by atoms with Gasteiger partial charge in [0, 0.05) is 24.7 Å². The maximum Gasteiger partial charge on any atom is 0.338 e. The average molecular weight is 699 g/mol. The maximum absolute atomic E-state index is 13.4. The van der Waals surface area contributed by atoms with Gasteiger partial charge in [0.2, 0.25) is 0 Å². The van der Waals surface area contributed by atoms with Gasteiger partial charge < -0.3 is 28.4 Å². The highest BCUT2D eigenvalue weighted by atomic mass is 16.6. The minimum Gasteiger partial charge on any atom is -0.497 e. The normalized spacial score (nSPS) is 18.5. The van der Waals surface area contributed by atoms with Gasteiger partial charge in [-0.1, -0.05) is 36.4 Å². The minimum atomic E-state index is -0.712. The third-order valence-electron chi connectivity index (χ3n) is 8.36. The zero-order valence-corrected chi connectivity index (χ0v) is 29.5. The van der Waals surface area contributed by atoms with Crippen molar-refractivity contribution in [1.29, 1.82) is 0 Å². The van der Waals surface area contributed by atoms with E-state index in [2.05, 4.69) is 0 Å². The van der Waals surface area contributed by atoms with E-state index in [1.54, 1.807) is 73.8 Å². The molecule has 1 aliphatic carbocycles. The summed E-state index contributed by atoms with van der Waals surface area (Å²) in [4.78, 5) is 51.7. The van der Waals surface area contributed by atoms with E-state index in [9.17, 15) is 19.2 Å². The van der Waals surface area contributed by atoms with E-state index in [0.717, 1.165) is 0 Å². The molecular formula is C41H46O10. The van der Waals surface area contributed by atoms with Gasteiger partial charge in [-0.2, -0.15) is 0 Å². The molecule has 0 heterocycles. The van der Waals surface area contributed by atoms with Crippen molar-refractivity contribution in [2.75, 3.05) is 20.8 Å². The Balaban J connectivity index is 1.56. The number of allylic oxidation sites excluding steroid dienone is 2. The van der Waals surface area contributed by atoms with Crippen molar-refractivity contribution < 1.29 is 47.6 Å². The Kier molecular flexibility index (Phi) is 14.9. The van der Waals surface area contributed by atoms with Crippen LogP contribution < -0.4 is 14.2 Å². The molecule has 10 nitrogen and oxygen atoms in total. The summed E-state index contributed by atoms with van der Waals surface area (Å²) in [5, 5.41) is 0. The molecule has 0 aromatic heterocycles. The first-order valence-corrected chi connectivity index (χ1v) is 17.1. The van der Waals surface area contributed by atoms with Gasteiger partial charge in [0.1, 0.15) is 29.5 Å². The molecule has 10 heteroatoms. The topological polar surface area (TPSA) is 124 Å². The summed E-state index contributed by atoms with van der Waals surface area (Å²) in [7, 11) is 3.08. The fraction of sp³-hybridized carbons (Fsp3) is 0.366. The predicted molar refractivity (Wildman–Crippen MR) is 191 cm³/mol. The van der Waals surface area contributed by atoms with Crippen LogP contribution in [0.4, 0.5) is 0 Å². The van der Waals surface area contributed by atoms with Crippen LogP contribution in [0, 0.1) is 11.8 Å². The third-order valence-corrected chi connectivity index (χ3v) is 8.36. The minimum absolute atomic E-state index is 0.165. The summed E-state index contributed by atoms with van der Waals surface area (Å²) in [5.41, 5.74) is 0.675. The molecule has 3 aromatic rings. The Labute approximate surface area is 299 Å². The van der Waals surface area contributed by atoms with Crippen LogP contribution >= 0.6 is 0 Å². The zero-order valence-electron chi connectivity index (χ0n) is 29.5. The molecule has 0 amide bonds. The predicted octanol–water partition coefficient (Wildman–Crippen LogP) is 7.36. The van der Waals surface area contributed by atoms with E-state index >= 15 is 0 Å². The first-order valence-electron chi connectivity index (χ1n) is 17.1. The Morgan fingerprint density at radius 3 is 1.90 bits per heavy atom. The van der Waals surface area contributed by atoms with Gasteiger partial charge in [0.05, 0.1) is 31.5 Å². The highest BCUT2D eigenvalue weighted by molar-refractivity contribution is 5.91. The van der Waals surface area contributed by atoms with Crippen molar-refractivity contribution in [2.45, 2.75) is 64.3 Å². The lowest BCUT2D eigenvalue weighted by atomic mass is 9.89. The van der Waals surface area contributed by atoms with E-state index in [1.807, 2.05) is 44.2 Å². The van der Waals surface area contributed by atoms with Crippen molar-refractivity contribution in [3.05, 3.63) is 114 Å². The van der Waals surface area contributed by atoms with Gasteiger partial charge in [-0.15, -0.1) is 0 Å². The Morgan fingerprint density at radius 1 is 0.745 bits per heavy atom. The molecule has 0 N–H and O–H groups in total. The van der Waals surface area contributed by atoms with Gasteiger partial charge in [-0.3, -0.25) is 9.59 Å². The number of carbonyl (C=O) groups is 4. The molecule has 0 saturated heterocycles. The molecule has 4 atom stereocenters. The molecule has 1 aliphatic rings. The largest absolute Gasteiger partial charge is 0.497 e. The summed E-state index contributed by atoms with van der Waals surface area (Å²) in [6.45, 7) is 3.45. The van der Waals surface area contributed by atoms with Gasteiger partial charge in [-0.05, 0) is 99.8 Å². The third kappa shape index (κ3) is 12.2. The van der Waals surface area contributed by atoms with Crippen LogP contribution in [0.15, 0.2) is 103 Å². The number of hydrogen-bond donors (Lipinski definition) is 0. The highest BCUT2D eigenvalue weighted by Crippen LogP contribution is 2.41. The summed E-state index contributed by atoms with van der Waals surface area (Å²) >= 11 is 0. The SMILES string of the molecule is COc1ccc(C(=O)O[C@H]2C[C@@H](OC(=O)c3ccc(OC)cc3)[C@H](/C=C/C(=O)COc3ccccc3)[C@H]2C/C=C\CCCC(=O)OC(C)C)cc1. The molecule has 0 radical (unpaired) electrons. The number of rotatable bonds is 18.